The Balaban J connectivity index is 1.63. The number of rotatable bonds is 7. The third kappa shape index (κ3) is 5.38. The van der Waals surface area contributed by atoms with Crippen LogP contribution < -0.4 is 0 Å². The lowest BCUT2D eigenvalue weighted by Crippen LogP contribution is -2.48. The van der Waals surface area contributed by atoms with Gasteiger partial charge in [0.1, 0.15) is 0 Å². The quantitative estimate of drug-likeness (QED) is 0.668. The van der Waals surface area contributed by atoms with Crippen molar-refractivity contribution in [1.82, 2.24) is 0 Å². The third-order valence-corrected chi connectivity index (χ3v) is 6.49. The summed E-state index contributed by atoms with van der Waals surface area (Å²) in [5.74, 6) is 1.46. The SMILES string of the molecule is CC(C)(O)C(C)(C)O[B]/C=C/C1(OC2CCCCO2)CCC2(CC1)OCCO2. The molecule has 0 amide bonds. The molecule has 3 aliphatic rings. The fourth-order valence-electron chi connectivity index (χ4n) is 3.80. The molecule has 1 aliphatic carbocycles. The smallest absolute Gasteiger partial charge is 0.322 e. The Morgan fingerprint density at radius 2 is 1.68 bits per heavy atom. The summed E-state index contributed by atoms with van der Waals surface area (Å²) in [5, 5.41) is 10.2. The summed E-state index contributed by atoms with van der Waals surface area (Å²) in [4.78, 5) is 0. The second kappa shape index (κ2) is 8.74. The van der Waals surface area contributed by atoms with Gasteiger partial charge in [0.15, 0.2) is 12.1 Å². The van der Waals surface area contributed by atoms with Crippen molar-refractivity contribution in [1.29, 1.82) is 0 Å². The molecule has 28 heavy (non-hydrogen) atoms. The van der Waals surface area contributed by atoms with E-state index in [1.165, 1.54) is 0 Å². The molecule has 2 saturated heterocycles. The summed E-state index contributed by atoms with van der Waals surface area (Å²) < 4.78 is 29.9. The molecule has 3 fully saturated rings. The Hall–Kier alpha value is -0.435. The lowest BCUT2D eigenvalue weighted by Gasteiger charge is -2.44. The molecule has 0 aromatic heterocycles. The predicted molar refractivity (Wildman–Crippen MR) is 107 cm³/mol. The average Bonchev–Trinajstić information content (AvgIpc) is 3.10. The highest BCUT2D eigenvalue weighted by atomic mass is 16.7. The van der Waals surface area contributed by atoms with E-state index in [4.69, 9.17) is 23.6 Å². The molecule has 3 rings (SSSR count). The second-order valence-corrected chi connectivity index (χ2v) is 9.27. The van der Waals surface area contributed by atoms with Gasteiger partial charge in [-0.25, -0.2) is 0 Å². The molecule has 159 valence electrons. The zero-order valence-electron chi connectivity index (χ0n) is 17.9. The van der Waals surface area contributed by atoms with E-state index in [9.17, 15) is 5.11 Å². The van der Waals surface area contributed by atoms with E-state index >= 15 is 0 Å². The summed E-state index contributed by atoms with van der Waals surface area (Å²) in [6.07, 6.45) is 8.31. The second-order valence-electron chi connectivity index (χ2n) is 9.27. The largest absolute Gasteiger partial charge is 0.427 e. The van der Waals surface area contributed by atoms with Crippen LogP contribution in [0.1, 0.15) is 72.6 Å². The molecule has 1 saturated carbocycles. The topological polar surface area (TPSA) is 66.4 Å². The van der Waals surface area contributed by atoms with Gasteiger partial charge in [-0.3, -0.25) is 0 Å². The van der Waals surface area contributed by atoms with E-state index in [1.807, 2.05) is 19.8 Å². The van der Waals surface area contributed by atoms with Crippen LogP contribution in [0.4, 0.5) is 0 Å². The minimum atomic E-state index is -0.949. The van der Waals surface area contributed by atoms with Gasteiger partial charge in [-0.1, -0.05) is 12.1 Å². The van der Waals surface area contributed by atoms with E-state index < -0.39 is 22.6 Å². The van der Waals surface area contributed by atoms with Crippen LogP contribution in [0.5, 0.6) is 0 Å². The van der Waals surface area contributed by atoms with Gasteiger partial charge in [-0.2, -0.15) is 0 Å². The van der Waals surface area contributed by atoms with Crippen LogP contribution in [0.25, 0.3) is 0 Å². The van der Waals surface area contributed by atoms with Crippen LogP contribution in [0.15, 0.2) is 12.1 Å². The van der Waals surface area contributed by atoms with Crippen LogP contribution in [-0.4, -0.2) is 61.3 Å². The molecule has 1 atom stereocenters. The predicted octanol–water partition coefficient (Wildman–Crippen LogP) is 3.28. The monoisotopic (exact) mass is 395 g/mol. The molecule has 6 nitrogen and oxygen atoms in total. The maximum atomic E-state index is 10.2. The highest BCUT2D eigenvalue weighted by molar-refractivity contribution is 6.34. The molecule has 2 aliphatic heterocycles. The van der Waals surface area contributed by atoms with Gasteiger partial charge in [0.05, 0.1) is 30.0 Å². The molecular formula is C21H36BO6. The van der Waals surface area contributed by atoms with E-state index in [-0.39, 0.29) is 6.29 Å². The number of aliphatic hydroxyl groups is 1. The van der Waals surface area contributed by atoms with Crippen LogP contribution in [0.3, 0.4) is 0 Å². The van der Waals surface area contributed by atoms with Gasteiger partial charge in [-0.15, -0.1) is 0 Å². The zero-order valence-corrected chi connectivity index (χ0v) is 17.9. The van der Waals surface area contributed by atoms with E-state index in [0.717, 1.165) is 51.6 Å². The van der Waals surface area contributed by atoms with Crippen LogP contribution >= 0.6 is 0 Å². The minimum absolute atomic E-state index is 0.161. The molecule has 1 unspecified atom stereocenters. The summed E-state index contributed by atoms with van der Waals surface area (Å²) >= 11 is 0. The van der Waals surface area contributed by atoms with Crippen molar-refractivity contribution in [2.24, 2.45) is 0 Å². The first-order valence-corrected chi connectivity index (χ1v) is 10.6. The highest BCUT2D eigenvalue weighted by Gasteiger charge is 2.47. The maximum absolute atomic E-state index is 10.2. The first-order valence-electron chi connectivity index (χ1n) is 10.6. The lowest BCUT2D eigenvalue weighted by atomic mass is 9.78. The fourth-order valence-corrected chi connectivity index (χ4v) is 3.80. The molecule has 7 heteroatoms. The number of ether oxygens (including phenoxy) is 4. The molecular weight excluding hydrogens is 359 g/mol. The molecule has 2 heterocycles. The van der Waals surface area contributed by atoms with Gasteiger partial charge in [-0.05, 0) is 59.8 Å². The Morgan fingerprint density at radius 3 is 2.25 bits per heavy atom. The minimum Gasteiger partial charge on any atom is -0.427 e. The zero-order chi connectivity index (χ0) is 20.3. The molecule has 1 radical (unpaired) electrons. The maximum Gasteiger partial charge on any atom is 0.322 e. The lowest BCUT2D eigenvalue weighted by molar-refractivity contribution is -0.249. The average molecular weight is 395 g/mol. The first-order chi connectivity index (χ1) is 13.2. The van der Waals surface area contributed by atoms with Crippen LogP contribution in [-0.2, 0) is 23.6 Å². The Morgan fingerprint density at radius 1 is 1.00 bits per heavy atom. The number of hydrogen-bond acceptors (Lipinski definition) is 6. The van der Waals surface area contributed by atoms with Crippen molar-refractivity contribution in [2.45, 2.75) is 102 Å². The standard InChI is InChI=1S/C21H36BO6/c1-18(2,23)19(3,4)28-22-13-12-20(27-17-7-5-6-14-24-17)8-10-21(11-9-20)25-15-16-26-21/h12-13,17,23H,5-11,14-16H2,1-4H3/b13-12+. The summed E-state index contributed by atoms with van der Waals surface area (Å²) in [5.41, 5.74) is -2.06. The third-order valence-electron chi connectivity index (χ3n) is 6.49. The van der Waals surface area contributed by atoms with Crippen molar-refractivity contribution in [3.63, 3.8) is 0 Å². The molecule has 1 N–H and O–H groups in total. The van der Waals surface area contributed by atoms with Crippen molar-refractivity contribution < 1.29 is 28.7 Å². The summed E-state index contributed by atoms with van der Waals surface area (Å²) in [6.45, 7) is 9.34. The fraction of sp³-hybridized carbons (Fsp3) is 0.905. The highest BCUT2D eigenvalue weighted by Crippen LogP contribution is 2.43. The van der Waals surface area contributed by atoms with Crippen molar-refractivity contribution in [2.75, 3.05) is 19.8 Å². The van der Waals surface area contributed by atoms with Gasteiger partial charge in [0.2, 0.25) is 0 Å². The summed E-state index contributed by atoms with van der Waals surface area (Å²) in [6, 6.07) is 0. The summed E-state index contributed by atoms with van der Waals surface area (Å²) in [7, 11) is 1.65. The van der Waals surface area contributed by atoms with Gasteiger partial charge in [0, 0.05) is 19.4 Å². The van der Waals surface area contributed by atoms with Crippen LogP contribution in [0.2, 0.25) is 0 Å². The Labute approximate surface area is 170 Å². The first kappa shape index (κ1) is 22.3. The van der Waals surface area contributed by atoms with Crippen molar-refractivity contribution in [3.05, 3.63) is 12.1 Å². The van der Waals surface area contributed by atoms with E-state index in [1.54, 1.807) is 21.3 Å². The normalized spacial score (nSPS) is 28.1. The van der Waals surface area contributed by atoms with Crippen LogP contribution in [0, 0.1) is 0 Å². The molecule has 0 aromatic rings. The molecule has 0 bridgehead atoms. The van der Waals surface area contributed by atoms with E-state index in [2.05, 4.69) is 6.08 Å². The van der Waals surface area contributed by atoms with Crippen molar-refractivity contribution in [3.8, 4) is 0 Å². The molecule has 1 spiro atoms. The molecule has 0 aromatic carbocycles. The van der Waals surface area contributed by atoms with Gasteiger partial charge >= 0.3 is 7.48 Å². The number of hydrogen-bond donors (Lipinski definition) is 1. The van der Waals surface area contributed by atoms with Gasteiger partial charge < -0.3 is 28.7 Å². The van der Waals surface area contributed by atoms with Gasteiger partial charge in [0.25, 0.3) is 0 Å². The Kier molecular flexibility index (Phi) is 6.95. The Bertz CT molecular complexity index is 520. The van der Waals surface area contributed by atoms with Crippen molar-refractivity contribution >= 4 is 7.48 Å². The van der Waals surface area contributed by atoms with E-state index in [0.29, 0.717) is 13.2 Å².